The Bertz CT molecular complexity index is 530. The molecule has 0 saturated carbocycles. The largest absolute Gasteiger partial charge is 0.357 e. The first kappa shape index (κ1) is 19.8. The van der Waals surface area contributed by atoms with Crippen LogP contribution < -0.4 is 10.6 Å². The van der Waals surface area contributed by atoms with Crippen LogP contribution in [0.25, 0.3) is 0 Å². The van der Waals surface area contributed by atoms with Gasteiger partial charge in [-0.25, -0.2) is 4.99 Å². The second-order valence-corrected chi connectivity index (χ2v) is 7.43. The summed E-state index contributed by atoms with van der Waals surface area (Å²) in [5.74, 6) is 1.71. The van der Waals surface area contributed by atoms with E-state index in [1.54, 1.807) is 0 Å². The topological polar surface area (TPSA) is 39.7 Å². The zero-order chi connectivity index (χ0) is 18.1. The standard InChI is InChI=1S/C21H36N4/c1-5-18-9-7-8-10-19(18)15-23-21(22-6-2)24-20-11-13-25(14-12-20)16-17(3)4/h7-10,17,20H,5-6,11-16H2,1-4H3,(H2,22,23,24). The van der Waals surface area contributed by atoms with Crippen molar-refractivity contribution in [2.45, 2.75) is 59.5 Å². The lowest BCUT2D eigenvalue weighted by atomic mass is 10.0. The number of guanidine groups is 1. The SMILES string of the molecule is CCNC(=NCc1ccccc1CC)NC1CCN(CC(C)C)CC1. The average Bonchev–Trinajstić information content (AvgIpc) is 2.61. The van der Waals surface area contributed by atoms with Crippen molar-refractivity contribution in [2.75, 3.05) is 26.2 Å². The number of nitrogens with zero attached hydrogens (tertiary/aromatic N) is 2. The van der Waals surface area contributed by atoms with Gasteiger partial charge in [-0.3, -0.25) is 0 Å². The summed E-state index contributed by atoms with van der Waals surface area (Å²) in [6.07, 6.45) is 3.45. The van der Waals surface area contributed by atoms with E-state index in [9.17, 15) is 0 Å². The lowest BCUT2D eigenvalue weighted by Gasteiger charge is -2.34. The molecule has 2 rings (SSSR count). The zero-order valence-corrected chi connectivity index (χ0v) is 16.5. The van der Waals surface area contributed by atoms with Crippen LogP contribution in [0.15, 0.2) is 29.3 Å². The van der Waals surface area contributed by atoms with E-state index in [-0.39, 0.29) is 0 Å². The van der Waals surface area contributed by atoms with E-state index < -0.39 is 0 Å². The Morgan fingerprint density at radius 2 is 1.84 bits per heavy atom. The van der Waals surface area contributed by atoms with Crippen molar-refractivity contribution in [3.63, 3.8) is 0 Å². The number of aryl methyl sites for hydroxylation is 1. The Balaban J connectivity index is 1.90. The van der Waals surface area contributed by atoms with Gasteiger partial charge in [0.05, 0.1) is 6.54 Å². The summed E-state index contributed by atoms with van der Waals surface area (Å²) < 4.78 is 0. The highest BCUT2D eigenvalue weighted by atomic mass is 15.2. The van der Waals surface area contributed by atoms with E-state index in [1.165, 1.54) is 43.6 Å². The molecular formula is C21H36N4. The van der Waals surface area contributed by atoms with Gasteiger partial charge in [0.25, 0.3) is 0 Å². The van der Waals surface area contributed by atoms with Gasteiger partial charge in [0.15, 0.2) is 5.96 Å². The highest BCUT2D eigenvalue weighted by molar-refractivity contribution is 5.80. The molecule has 1 aromatic carbocycles. The molecule has 1 heterocycles. The number of likely N-dealkylation sites (tertiary alicyclic amines) is 1. The lowest BCUT2D eigenvalue weighted by molar-refractivity contribution is 0.187. The molecule has 4 nitrogen and oxygen atoms in total. The minimum absolute atomic E-state index is 0.530. The Labute approximate surface area is 154 Å². The van der Waals surface area contributed by atoms with Crippen LogP contribution in [-0.2, 0) is 13.0 Å². The van der Waals surface area contributed by atoms with E-state index >= 15 is 0 Å². The first-order valence-electron chi connectivity index (χ1n) is 9.96. The van der Waals surface area contributed by atoms with Crippen LogP contribution in [0.3, 0.4) is 0 Å². The number of nitrogens with one attached hydrogen (secondary N) is 2. The van der Waals surface area contributed by atoms with Crippen LogP contribution in [-0.4, -0.2) is 43.1 Å². The minimum Gasteiger partial charge on any atom is -0.357 e. The molecular weight excluding hydrogens is 308 g/mol. The van der Waals surface area contributed by atoms with E-state index in [4.69, 9.17) is 4.99 Å². The molecule has 0 aromatic heterocycles. The monoisotopic (exact) mass is 344 g/mol. The van der Waals surface area contributed by atoms with Crippen molar-refractivity contribution in [1.82, 2.24) is 15.5 Å². The first-order chi connectivity index (χ1) is 12.1. The molecule has 1 aliphatic rings. The maximum atomic E-state index is 4.83. The second kappa shape index (κ2) is 10.4. The van der Waals surface area contributed by atoms with Gasteiger partial charge in [0.1, 0.15) is 0 Å². The Hall–Kier alpha value is -1.55. The molecule has 0 bridgehead atoms. The molecule has 25 heavy (non-hydrogen) atoms. The maximum absolute atomic E-state index is 4.83. The number of piperidine rings is 1. The molecule has 0 aliphatic carbocycles. The summed E-state index contributed by atoms with van der Waals surface area (Å²) in [6.45, 7) is 14.2. The van der Waals surface area contributed by atoms with Gasteiger partial charge in [0.2, 0.25) is 0 Å². The number of hydrogen-bond acceptors (Lipinski definition) is 2. The summed E-state index contributed by atoms with van der Waals surface area (Å²) in [7, 11) is 0. The number of aliphatic imine (C=N–C) groups is 1. The molecule has 4 heteroatoms. The highest BCUT2D eigenvalue weighted by Crippen LogP contribution is 2.13. The van der Waals surface area contributed by atoms with Crippen LogP contribution >= 0.6 is 0 Å². The third-order valence-corrected chi connectivity index (χ3v) is 4.80. The normalized spacial score (nSPS) is 17.1. The Morgan fingerprint density at radius 3 is 2.44 bits per heavy atom. The summed E-state index contributed by atoms with van der Waals surface area (Å²) >= 11 is 0. The lowest BCUT2D eigenvalue weighted by Crippen LogP contribution is -2.49. The van der Waals surface area contributed by atoms with E-state index in [0.717, 1.165) is 31.4 Å². The van der Waals surface area contributed by atoms with Crippen molar-refractivity contribution >= 4 is 5.96 Å². The highest BCUT2D eigenvalue weighted by Gasteiger charge is 2.20. The van der Waals surface area contributed by atoms with E-state index in [1.807, 2.05) is 0 Å². The van der Waals surface area contributed by atoms with Crippen molar-refractivity contribution in [3.05, 3.63) is 35.4 Å². The average molecular weight is 345 g/mol. The molecule has 1 fully saturated rings. The van der Waals surface area contributed by atoms with Gasteiger partial charge in [-0.05, 0) is 43.2 Å². The number of benzene rings is 1. The van der Waals surface area contributed by atoms with Crippen LogP contribution in [0.4, 0.5) is 0 Å². The molecule has 140 valence electrons. The molecule has 0 amide bonds. The third kappa shape index (κ3) is 6.69. The fourth-order valence-corrected chi connectivity index (χ4v) is 3.51. The quantitative estimate of drug-likeness (QED) is 0.588. The van der Waals surface area contributed by atoms with Crippen LogP contribution in [0.1, 0.15) is 51.7 Å². The van der Waals surface area contributed by atoms with Crippen LogP contribution in [0.2, 0.25) is 0 Å². The van der Waals surface area contributed by atoms with Crippen LogP contribution in [0, 0.1) is 5.92 Å². The van der Waals surface area contributed by atoms with Crippen LogP contribution in [0.5, 0.6) is 0 Å². The van der Waals surface area contributed by atoms with E-state index in [2.05, 4.69) is 67.5 Å². The molecule has 0 spiro atoms. The van der Waals surface area contributed by atoms with Crippen molar-refractivity contribution in [1.29, 1.82) is 0 Å². The summed E-state index contributed by atoms with van der Waals surface area (Å²) in [4.78, 5) is 7.42. The predicted octanol–water partition coefficient (Wildman–Crippen LogP) is 3.42. The fraction of sp³-hybridized carbons (Fsp3) is 0.667. The molecule has 0 unspecified atom stereocenters. The summed E-state index contributed by atoms with van der Waals surface area (Å²) in [6, 6.07) is 9.14. The Morgan fingerprint density at radius 1 is 1.16 bits per heavy atom. The molecule has 0 radical (unpaired) electrons. The third-order valence-electron chi connectivity index (χ3n) is 4.80. The maximum Gasteiger partial charge on any atom is 0.191 e. The summed E-state index contributed by atoms with van der Waals surface area (Å²) in [5, 5.41) is 7.06. The second-order valence-electron chi connectivity index (χ2n) is 7.43. The number of rotatable bonds is 7. The van der Waals surface area contributed by atoms with Gasteiger partial charge in [-0.2, -0.15) is 0 Å². The molecule has 1 aromatic rings. The predicted molar refractivity (Wildman–Crippen MR) is 108 cm³/mol. The van der Waals surface area contributed by atoms with Gasteiger partial charge >= 0.3 is 0 Å². The van der Waals surface area contributed by atoms with Crippen molar-refractivity contribution in [3.8, 4) is 0 Å². The molecule has 1 aliphatic heterocycles. The smallest absolute Gasteiger partial charge is 0.191 e. The summed E-state index contributed by atoms with van der Waals surface area (Å²) in [5.41, 5.74) is 2.72. The minimum atomic E-state index is 0.530. The Kier molecular flexibility index (Phi) is 8.26. The van der Waals surface area contributed by atoms with E-state index in [0.29, 0.717) is 6.04 Å². The van der Waals surface area contributed by atoms with Gasteiger partial charge in [-0.1, -0.05) is 45.0 Å². The van der Waals surface area contributed by atoms with Crippen molar-refractivity contribution in [2.24, 2.45) is 10.9 Å². The van der Waals surface area contributed by atoms with Crippen molar-refractivity contribution < 1.29 is 0 Å². The zero-order valence-electron chi connectivity index (χ0n) is 16.5. The molecule has 1 saturated heterocycles. The van der Waals surface area contributed by atoms with Gasteiger partial charge in [-0.15, -0.1) is 0 Å². The first-order valence-corrected chi connectivity index (χ1v) is 9.96. The van der Waals surface area contributed by atoms with Gasteiger partial charge < -0.3 is 15.5 Å². The number of hydrogen-bond donors (Lipinski definition) is 2. The fourth-order valence-electron chi connectivity index (χ4n) is 3.51. The van der Waals surface area contributed by atoms with Gasteiger partial charge in [0, 0.05) is 32.2 Å². The molecule has 0 atom stereocenters. The molecule has 2 N–H and O–H groups in total.